The molecule has 34 heavy (non-hydrogen) atoms. The van der Waals surface area contributed by atoms with Crippen LogP contribution in [0.15, 0.2) is 35.2 Å². The summed E-state index contributed by atoms with van der Waals surface area (Å²) in [6.07, 6.45) is 12.3. The second kappa shape index (κ2) is 8.77. The van der Waals surface area contributed by atoms with Crippen molar-refractivity contribution in [1.29, 1.82) is 0 Å². The lowest BCUT2D eigenvalue weighted by Gasteiger charge is -2.37. The van der Waals surface area contributed by atoms with Gasteiger partial charge >= 0.3 is 0 Å². The second-order valence-corrected chi connectivity index (χ2v) is 12.8. The normalized spacial score (nSPS) is 19.1. The Morgan fingerprint density at radius 1 is 0.882 bits per heavy atom. The third-order valence-corrected chi connectivity index (χ3v) is 10.6. The van der Waals surface area contributed by atoms with E-state index in [9.17, 15) is 8.42 Å². The second-order valence-electron chi connectivity index (χ2n) is 9.81. The summed E-state index contributed by atoms with van der Waals surface area (Å²) in [5, 5.41) is 1.12. The SMILES string of the molecule is C[n+]1c(/C=C/c2cc3c4c(c2)CCCN4CCC3)sc2cc(S(=O)(=O)N3CCCCC3)ccc21. The van der Waals surface area contributed by atoms with Gasteiger partial charge in [0.15, 0.2) is 0 Å². The summed E-state index contributed by atoms with van der Waals surface area (Å²) in [6.45, 7) is 3.66. The molecule has 3 aliphatic rings. The monoisotopic (exact) mass is 494 g/mol. The number of aromatic nitrogens is 1. The van der Waals surface area contributed by atoms with Crippen LogP contribution < -0.4 is 9.47 Å². The fraction of sp³-hybridized carbons (Fsp3) is 0.444. The summed E-state index contributed by atoms with van der Waals surface area (Å²) in [5.41, 5.74) is 6.83. The number of piperidine rings is 1. The molecule has 5 nitrogen and oxygen atoms in total. The zero-order valence-corrected chi connectivity index (χ0v) is 21.4. The molecule has 0 amide bonds. The molecule has 3 aliphatic heterocycles. The maximum absolute atomic E-state index is 13.1. The number of fused-ring (bicyclic) bond motifs is 1. The minimum atomic E-state index is -3.42. The average Bonchev–Trinajstić information content (AvgIpc) is 3.18. The number of rotatable bonds is 4. The van der Waals surface area contributed by atoms with E-state index in [1.807, 2.05) is 12.1 Å². The summed E-state index contributed by atoms with van der Waals surface area (Å²) in [7, 11) is -1.36. The van der Waals surface area contributed by atoms with Crippen molar-refractivity contribution in [2.24, 2.45) is 7.05 Å². The van der Waals surface area contributed by atoms with Gasteiger partial charge in [0.2, 0.25) is 15.5 Å². The van der Waals surface area contributed by atoms with Gasteiger partial charge in [-0.3, -0.25) is 0 Å². The molecular weight excluding hydrogens is 462 g/mol. The first-order valence-corrected chi connectivity index (χ1v) is 14.8. The van der Waals surface area contributed by atoms with E-state index < -0.39 is 10.0 Å². The Labute approximate surface area is 206 Å². The molecule has 1 aromatic heterocycles. The molecule has 0 unspecified atom stereocenters. The van der Waals surface area contributed by atoms with E-state index >= 15 is 0 Å². The predicted molar refractivity (Wildman–Crippen MR) is 140 cm³/mol. The smallest absolute Gasteiger partial charge is 0.262 e. The number of sulfonamides is 1. The van der Waals surface area contributed by atoms with E-state index in [1.54, 1.807) is 21.7 Å². The number of thiazole rings is 1. The molecule has 2 aromatic carbocycles. The molecule has 0 saturated carbocycles. The van der Waals surface area contributed by atoms with Gasteiger partial charge in [-0.05, 0) is 85.6 Å². The summed E-state index contributed by atoms with van der Waals surface area (Å²) in [4.78, 5) is 2.99. The van der Waals surface area contributed by atoms with Crippen LogP contribution in [-0.4, -0.2) is 38.9 Å². The molecule has 1 fully saturated rings. The van der Waals surface area contributed by atoms with Crippen LogP contribution >= 0.6 is 11.3 Å². The predicted octanol–water partition coefficient (Wildman–Crippen LogP) is 4.77. The zero-order chi connectivity index (χ0) is 23.3. The van der Waals surface area contributed by atoms with Gasteiger partial charge in [0, 0.05) is 44.0 Å². The van der Waals surface area contributed by atoms with Crippen LogP contribution in [-0.2, 0) is 29.9 Å². The topological polar surface area (TPSA) is 44.5 Å². The van der Waals surface area contributed by atoms with E-state index in [4.69, 9.17) is 0 Å². The quantitative estimate of drug-likeness (QED) is 0.491. The third kappa shape index (κ3) is 3.88. The molecule has 4 heterocycles. The Balaban J connectivity index is 1.31. The molecule has 3 aromatic rings. The van der Waals surface area contributed by atoms with Gasteiger partial charge in [0.25, 0.3) is 5.01 Å². The Hall–Kier alpha value is -2.22. The van der Waals surface area contributed by atoms with Crippen LogP contribution in [0.4, 0.5) is 5.69 Å². The minimum Gasteiger partial charge on any atom is -0.371 e. The summed E-state index contributed by atoms with van der Waals surface area (Å²) in [5.74, 6) is 0. The first-order chi connectivity index (χ1) is 16.5. The highest BCUT2D eigenvalue weighted by Gasteiger charge is 2.28. The van der Waals surface area contributed by atoms with Crippen molar-refractivity contribution in [3.8, 4) is 0 Å². The van der Waals surface area contributed by atoms with Gasteiger partial charge in [-0.15, -0.1) is 0 Å². The lowest BCUT2D eigenvalue weighted by molar-refractivity contribution is -0.642. The van der Waals surface area contributed by atoms with E-state index in [2.05, 4.69) is 40.8 Å². The van der Waals surface area contributed by atoms with Crippen LogP contribution in [0.25, 0.3) is 22.4 Å². The Morgan fingerprint density at radius 2 is 1.59 bits per heavy atom. The number of hydrogen-bond donors (Lipinski definition) is 0. The number of aryl methyl sites for hydroxylation is 3. The summed E-state index contributed by atoms with van der Waals surface area (Å²) in [6, 6.07) is 10.3. The zero-order valence-electron chi connectivity index (χ0n) is 19.8. The minimum absolute atomic E-state index is 0.414. The van der Waals surface area contributed by atoms with Gasteiger partial charge in [0.1, 0.15) is 11.7 Å². The van der Waals surface area contributed by atoms with Crippen molar-refractivity contribution in [2.45, 2.75) is 49.8 Å². The van der Waals surface area contributed by atoms with Crippen molar-refractivity contribution in [2.75, 3.05) is 31.1 Å². The van der Waals surface area contributed by atoms with Crippen molar-refractivity contribution >= 4 is 49.4 Å². The standard InChI is InChI=1S/C27H32N3O2S2/c1-28-24-11-10-23(34(31,32)30-15-3-2-4-16-30)19-25(24)33-26(28)12-9-20-17-21-7-5-13-29-14-6-8-22(18-20)27(21)29/h9-12,17-19H,2-8,13-16H2,1H3/q+1. The van der Waals surface area contributed by atoms with E-state index in [-0.39, 0.29) is 0 Å². The maximum atomic E-state index is 13.1. The van der Waals surface area contributed by atoms with Gasteiger partial charge in [0.05, 0.1) is 4.90 Å². The van der Waals surface area contributed by atoms with Crippen LogP contribution in [0.5, 0.6) is 0 Å². The average molecular weight is 495 g/mol. The lowest BCUT2D eigenvalue weighted by Crippen LogP contribution is -2.35. The van der Waals surface area contributed by atoms with Crippen LogP contribution in [0.2, 0.25) is 0 Å². The van der Waals surface area contributed by atoms with Gasteiger partial charge < -0.3 is 4.90 Å². The molecule has 0 spiro atoms. The molecular formula is C27H32N3O2S2+. The van der Waals surface area contributed by atoms with Crippen molar-refractivity contribution < 1.29 is 13.0 Å². The van der Waals surface area contributed by atoms with Crippen molar-refractivity contribution in [1.82, 2.24) is 4.31 Å². The van der Waals surface area contributed by atoms with E-state index in [0.717, 1.165) is 34.5 Å². The number of nitrogens with zero attached hydrogens (tertiary/aromatic N) is 3. The van der Waals surface area contributed by atoms with Crippen LogP contribution in [0.3, 0.4) is 0 Å². The van der Waals surface area contributed by atoms with Crippen molar-refractivity contribution in [3.05, 3.63) is 52.0 Å². The van der Waals surface area contributed by atoms with E-state index in [1.165, 1.54) is 61.2 Å². The maximum Gasteiger partial charge on any atom is 0.262 e. The summed E-state index contributed by atoms with van der Waals surface area (Å²) >= 11 is 1.66. The Bertz CT molecular complexity index is 1350. The van der Waals surface area contributed by atoms with Gasteiger partial charge in [-0.25, -0.2) is 8.42 Å². The first kappa shape index (κ1) is 22.3. The summed E-state index contributed by atoms with van der Waals surface area (Å²) < 4.78 is 31.1. The molecule has 0 aliphatic carbocycles. The van der Waals surface area contributed by atoms with Gasteiger partial charge in [-0.1, -0.05) is 17.8 Å². The first-order valence-electron chi connectivity index (χ1n) is 12.5. The Morgan fingerprint density at radius 3 is 2.29 bits per heavy atom. The molecule has 178 valence electrons. The fourth-order valence-corrected chi connectivity index (χ4v) is 8.52. The molecule has 7 heteroatoms. The third-order valence-electron chi connectivity index (χ3n) is 7.56. The highest BCUT2D eigenvalue weighted by molar-refractivity contribution is 7.89. The van der Waals surface area contributed by atoms with Gasteiger partial charge in [-0.2, -0.15) is 8.87 Å². The molecule has 1 saturated heterocycles. The molecule has 0 bridgehead atoms. The largest absolute Gasteiger partial charge is 0.371 e. The van der Waals surface area contributed by atoms with Crippen molar-refractivity contribution in [3.63, 3.8) is 0 Å². The molecule has 0 atom stereocenters. The van der Waals surface area contributed by atoms with Crippen LogP contribution in [0, 0.1) is 0 Å². The highest BCUT2D eigenvalue weighted by Crippen LogP contribution is 2.36. The molecule has 6 rings (SSSR count). The Kier molecular flexibility index (Phi) is 5.74. The molecule has 0 radical (unpaired) electrons. The van der Waals surface area contributed by atoms with E-state index in [0.29, 0.717) is 18.0 Å². The number of hydrogen-bond acceptors (Lipinski definition) is 4. The number of benzene rings is 2. The highest BCUT2D eigenvalue weighted by atomic mass is 32.2. The van der Waals surface area contributed by atoms with Crippen LogP contribution in [0.1, 0.15) is 53.8 Å². The molecule has 0 N–H and O–H groups in total. The number of anilines is 1. The fourth-order valence-electron chi connectivity index (χ4n) is 5.81. The lowest BCUT2D eigenvalue weighted by atomic mass is 9.90.